The lowest BCUT2D eigenvalue weighted by atomic mass is 9.85. The minimum absolute atomic E-state index is 0.00602. The minimum atomic E-state index is -0.804. The number of phenolic OH excluding ortho intramolecular Hbond substituents is 4. The number of Topliss-reactive ketones (excluding diaryl/α,β-unsaturated/α-hetero) is 1. The molecule has 5 rings (SSSR count). The van der Waals surface area contributed by atoms with Gasteiger partial charge >= 0.3 is 0 Å². The summed E-state index contributed by atoms with van der Waals surface area (Å²) >= 11 is 0. The maximum Gasteiger partial charge on any atom is 0.174 e. The first-order valence-electron chi connectivity index (χ1n) is 10.6. The Balaban J connectivity index is 1.58. The molecular weight excluding hydrogens is 444 g/mol. The second kappa shape index (κ2) is 8.03. The molecule has 9 nitrogen and oxygen atoms in total. The molecule has 0 amide bonds. The van der Waals surface area contributed by atoms with Gasteiger partial charge in [-0.05, 0) is 23.8 Å². The van der Waals surface area contributed by atoms with Crippen LogP contribution in [-0.2, 0) is 0 Å². The Morgan fingerprint density at radius 2 is 1.74 bits per heavy atom. The third-order valence-corrected chi connectivity index (χ3v) is 6.25. The van der Waals surface area contributed by atoms with E-state index in [1.54, 1.807) is 18.2 Å². The first kappa shape index (κ1) is 21.7. The number of rotatable bonds is 4. The van der Waals surface area contributed by atoms with Crippen LogP contribution in [0.4, 0.5) is 0 Å². The summed E-state index contributed by atoms with van der Waals surface area (Å²) in [4.78, 5) is 12.8. The van der Waals surface area contributed by atoms with Crippen LogP contribution in [0.2, 0.25) is 0 Å². The lowest BCUT2D eigenvalue weighted by Gasteiger charge is -2.28. The molecule has 0 aliphatic carbocycles. The molecule has 0 saturated carbocycles. The highest BCUT2D eigenvalue weighted by atomic mass is 16.5. The molecule has 34 heavy (non-hydrogen) atoms. The van der Waals surface area contributed by atoms with E-state index in [0.717, 1.165) is 6.07 Å². The molecule has 0 saturated heterocycles. The molecule has 3 atom stereocenters. The SMILES string of the molecule is COc1cc(C2Oc3c(O)ccc([C@@H]4CC(=O)c5c(O)cc(O)cc5O4)c3C2CO)ccc1O. The summed E-state index contributed by atoms with van der Waals surface area (Å²) in [5, 5.41) is 50.7. The van der Waals surface area contributed by atoms with Crippen molar-refractivity contribution in [1.82, 2.24) is 0 Å². The Bertz CT molecular complexity index is 1300. The lowest BCUT2D eigenvalue weighted by molar-refractivity contribution is 0.0843. The van der Waals surface area contributed by atoms with Crippen molar-refractivity contribution in [2.45, 2.75) is 24.5 Å². The maximum absolute atomic E-state index is 12.8. The van der Waals surface area contributed by atoms with Crippen LogP contribution in [0.15, 0.2) is 42.5 Å². The third-order valence-electron chi connectivity index (χ3n) is 6.25. The van der Waals surface area contributed by atoms with Gasteiger partial charge in [0.1, 0.15) is 35.0 Å². The predicted molar refractivity (Wildman–Crippen MR) is 118 cm³/mol. The molecule has 0 fully saturated rings. The quantitative estimate of drug-likeness (QED) is 0.390. The number of hydrogen-bond donors (Lipinski definition) is 5. The maximum atomic E-state index is 12.8. The van der Waals surface area contributed by atoms with Gasteiger partial charge in [-0.1, -0.05) is 12.1 Å². The Kier molecular flexibility index (Phi) is 5.13. The van der Waals surface area contributed by atoms with Crippen molar-refractivity contribution in [3.63, 3.8) is 0 Å². The van der Waals surface area contributed by atoms with Crippen molar-refractivity contribution in [1.29, 1.82) is 0 Å². The van der Waals surface area contributed by atoms with Crippen LogP contribution in [0, 0.1) is 0 Å². The molecule has 3 aromatic rings. The molecule has 2 aliphatic heterocycles. The van der Waals surface area contributed by atoms with Crippen LogP contribution in [0.1, 0.15) is 51.6 Å². The number of carbonyl (C=O) groups is 1. The van der Waals surface area contributed by atoms with E-state index in [4.69, 9.17) is 14.2 Å². The van der Waals surface area contributed by atoms with E-state index in [1.165, 1.54) is 25.3 Å². The first-order valence-corrected chi connectivity index (χ1v) is 10.6. The van der Waals surface area contributed by atoms with Crippen LogP contribution in [0.25, 0.3) is 0 Å². The number of aliphatic hydroxyl groups excluding tert-OH is 1. The van der Waals surface area contributed by atoms with Gasteiger partial charge in [-0.2, -0.15) is 0 Å². The van der Waals surface area contributed by atoms with E-state index in [1.807, 2.05) is 0 Å². The van der Waals surface area contributed by atoms with E-state index in [2.05, 4.69) is 0 Å². The summed E-state index contributed by atoms with van der Waals surface area (Å²) in [6, 6.07) is 10.0. The van der Waals surface area contributed by atoms with Crippen LogP contribution in [0.3, 0.4) is 0 Å². The van der Waals surface area contributed by atoms with Crippen molar-refractivity contribution in [2.75, 3.05) is 13.7 Å². The minimum Gasteiger partial charge on any atom is -0.508 e. The van der Waals surface area contributed by atoms with Crippen molar-refractivity contribution >= 4 is 5.78 Å². The normalized spacial score (nSPS) is 20.8. The number of methoxy groups -OCH3 is 1. The van der Waals surface area contributed by atoms with E-state index >= 15 is 0 Å². The summed E-state index contributed by atoms with van der Waals surface area (Å²) < 4.78 is 17.2. The zero-order valence-corrected chi connectivity index (χ0v) is 18.1. The van der Waals surface area contributed by atoms with Crippen molar-refractivity contribution < 1.29 is 44.5 Å². The summed E-state index contributed by atoms with van der Waals surface area (Å²) in [5.74, 6) is -1.36. The standard InChI is InChI=1S/C25H22O9/c1-32-20-6-11(2-4-15(20)28)24-14(10-26)22-13(3-5-16(29)25(22)34-24)19-9-18(31)23-17(30)7-12(27)8-21(23)33-19/h2-8,14,19,24,26-30H,9-10H2,1H3/t14?,19-,24?/m0/s1. The fraction of sp³-hybridized carbons (Fsp3) is 0.240. The molecule has 2 aliphatic rings. The monoisotopic (exact) mass is 466 g/mol. The van der Waals surface area contributed by atoms with Crippen LogP contribution >= 0.6 is 0 Å². The highest BCUT2D eigenvalue weighted by Crippen LogP contribution is 2.54. The van der Waals surface area contributed by atoms with Gasteiger partial charge in [0.25, 0.3) is 0 Å². The second-order valence-electron chi connectivity index (χ2n) is 8.25. The fourth-order valence-corrected chi connectivity index (χ4v) is 4.71. The average molecular weight is 466 g/mol. The molecule has 3 aromatic carbocycles. The Labute approximate surface area is 194 Å². The fourth-order valence-electron chi connectivity index (χ4n) is 4.71. The van der Waals surface area contributed by atoms with Gasteiger partial charge in [0.15, 0.2) is 28.8 Å². The van der Waals surface area contributed by atoms with Gasteiger partial charge in [-0.25, -0.2) is 0 Å². The van der Waals surface area contributed by atoms with Crippen LogP contribution in [0.5, 0.6) is 40.2 Å². The topological polar surface area (TPSA) is 146 Å². The molecule has 0 radical (unpaired) electrons. The van der Waals surface area contributed by atoms with Gasteiger partial charge in [0, 0.05) is 23.3 Å². The van der Waals surface area contributed by atoms with Crippen molar-refractivity contribution in [2.24, 2.45) is 0 Å². The summed E-state index contributed by atoms with van der Waals surface area (Å²) in [7, 11) is 1.42. The molecule has 9 heteroatoms. The van der Waals surface area contributed by atoms with E-state index < -0.39 is 18.1 Å². The van der Waals surface area contributed by atoms with Gasteiger partial charge in [-0.3, -0.25) is 4.79 Å². The zero-order valence-electron chi connectivity index (χ0n) is 18.1. The lowest BCUT2D eigenvalue weighted by Crippen LogP contribution is -2.22. The van der Waals surface area contributed by atoms with Gasteiger partial charge in [0.2, 0.25) is 0 Å². The summed E-state index contributed by atoms with van der Waals surface area (Å²) in [5.41, 5.74) is 1.62. The number of ether oxygens (including phenoxy) is 3. The number of fused-ring (bicyclic) bond motifs is 2. The molecular formula is C25H22O9. The van der Waals surface area contributed by atoms with E-state index in [-0.39, 0.29) is 64.6 Å². The molecule has 2 unspecified atom stereocenters. The summed E-state index contributed by atoms with van der Waals surface area (Å²) in [6.07, 6.45) is -1.61. The van der Waals surface area contributed by atoms with Gasteiger partial charge in [-0.15, -0.1) is 0 Å². The third kappa shape index (κ3) is 3.32. The molecule has 0 aromatic heterocycles. The summed E-state index contributed by atoms with van der Waals surface area (Å²) in [6.45, 7) is -0.337. The largest absolute Gasteiger partial charge is 0.508 e. The Hall–Kier alpha value is -4.11. The number of aromatic hydroxyl groups is 4. The van der Waals surface area contributed by atoms with E-state index in [9.17, 15) is 30.3 Å². The highest BCUT2D eigenvalue weighted by Gasteiger charge is 2.42. The van der Waals surface area contributed by atoms with Gasteiger partial charge in [0.05, 0.1) is 26.1 Å². The highest BCUT2D eigenvalue weighted by molar-refractivity contribution is 6.02. The smallest absolute Gasteiger partial charge is 0.174 e. The number of benzene rings is 3. The zero-order chi connectivity index (χ0) is 24.1. The van der Waals surface area contributed by atoms with Crippen LogP contribution in [-0.4, -0.2) is 45.0 Å². The number of phenols is 4. The number of carbonyl (C=O) groups excluding carboxylic acids is 1. The average Bonchev–Trinajstić information content (AvgIpc) is 3.19. The number of hydrogen-bond acceptors (Lipinski definition) is 9. The second-order valence-corrected chi connectivity index (χ2v) is 8.25. The van der Waals surface area contributed by atoms with Crippen LogP contribution < -0.4 is 14.2 Å². The molecule has 2 heterocycles. The first-order chi connectivity index (χ1) is 16.3. The molecule has 0 spiro atoms. The molecule has 0 bridgehead atoms. The van der Waals surface area contributed by atoms with Gasteiger partial charge < -0.3 is 39.7 Å². The van der Waals surface area contributed by atoms with Crippen molar-refractivity contribution in [3.8, 4) is 40.2 Å². The van der Waals surface area contributed by atoms with E-state index in [0.29, 0.717) is 16.7 Å². The molecule has 5 N–H and O–H groups in total. The van der Waals surface area contributed by atoms with Crippen molar-refractivity contribution in [3.05, 3.63) is 64.7 Å². The number of ketones is 1. The Morgan fingerprint density at radius 3 is 2.47 bits per heavy atom. The molecule has 176 valence electrons. The predicted octanol–water partition coefficient (Wildman–Crippen LogP) is 3.43. The number of aliphatic hydroxyl groups is 1. The Morgan fingerprint density at radius 1 is 0.971 bits per heavy atom.